The van der Waals surface area contributed by atoms with Crippen LogP contribution in [0.2, 0.25) is 0 Å². The van der Waals surface area contributed by atoms with E-state index in [4.69, 9.17) is 0 Å². The number of rotatable bonds is 2. The Kier molecular flexibility index (Phi) is 2.28. The number of aliphatic hydroxyl groups excluding tert-OH is 1. The first-order valence-electron chi connectivity index (χ1n) is 3.73. The molecule has 0 fully saturated rings. The van der Waals surface area contributed by atoms with Gasteiger partial charge in [0.15, 0.2) is 0 Å². The summed E-state index contributed by atoms with van der Waals surface area (Å²) in [6, 6.07) is 0. The maximum absolute atomic E-state index is 9.30. The highest BCUT2D eigenvalue weighted by Crippen LogP contribution is 2.28. The van der Waals surface area contributed by atoms with Crippen molar-refractivity contribution in [2.75, 3.05) is 0 Å². The van der Waals surface area contributed by atoms with Gasteiger partial charge >= 0.3 is 0 Å². The zero-order valence-electron chi connectivity index (χ0n) is 6.43. The van der Waals surface area contributed by atoms with Crippen LogP contribution in [0.3, 0.4) is 0 Å². The topological polar surface area (TPSA) is 20.2 Å². The first-order chi connectivity index (χ1) is 4.75. The molecule has 1 nitrogen and oxygen atoms in total. The molecule has 10 heavy (non-hydrogen) atoms. The molecule has 1 heteroatoms. The fourth-order valence-corrected chi connectivity index (χ4v) is 1.40. The van der Waals surface area contributed by atoms with Crippen molar-refractivity contribution in [2.24, 2.45) is 0 Å². The van der Waals surface area contributed by atoms with Crippen LogP contribution in [0.1, 0.15) is 26.2 Å². The van der Waals surface area contributed by atoms with E-state index in [1.807, 2.05) is 13.0 Å². The van der Waals surface area contributed by atoms with E-state index in [0.717, 1.165) is 19.3 Å². The second kappa shape index (κ2) is 3.02. The van der Waals surface area contributed by atoms with Gasteiger partial charge in [0.05, 0.1) is 6.10 Å². The number of aliphatic hydroxyl groups is 1. The zero-order valence-corrected chi connectivity index (χ0v) is 6.43. The van der Waals surface area contributed by atoms with Crippen LogP contribution in [0.15, 0.2) is 23.8 Å². The molecule has 0 radical (unpaired) electrons. The van der Waals surface area contributed by atoms with Crippen LogP contribution in [0.25, 0.3) is 0 Å². The summed E-state index contributed by atoms with van der Waals surface area (Å²) in [6.07, 6.45) is 4.64. The molecule has 0 spiro atoms. The lowest BCUT2D eigenvalue weighted by atomic mass is 10.1. The molecule has 1 aliphatic carbocycles. The Morgan fingerprint density at radius 2 is 2.50 bits per heavy atom. The Morgan fingerprint density at radius 3 is 2.90 bits per heavy atom. The van der Waals surface area contributed by atoms with Crippen LogP contribution in [-0.4, -0.2) is 11.2 Å². The van der Waals surface area contributed by atoms with Gasteiger partial charge in [0.25, 0.3) is 0 Å². The van der Waals surface area contributed by atoms with Crippen molar-refractivity contribution in [3.8, 4) is 0 Å². The van der Waals surface area contributed by atoms with Crippen LogP contribution in [0.4, 0.5) is 0 Å². The zero-order chi connectivity index (χ0) is 7.56. The molecular formula is C9H14O. The summed E-state index contributed by atoms with van der Waals surface area (Å²) in [5.41, 5.74) is 2.54. The molecule has 0 saturated carbocycles. The minimum absolute atomic E-state index is 0.171. The maximum Gasteiger partial charge on any atom is 0.0753 e. The van der Waals surface area contributed by atoms with Gasteiger partial charge in [0, 0.05) is 0 Å². The maximum atomic E-state index is 9.30. The van der Waals surface area contributed by atoms with Gasteiger partial charge in [0.1, 0.15) is 0 Å². The summed E-state index contributed by atoms with van der Waals surface area (Å²) in [5.74, 6) is 0. The van der Waals surface area contributed by atoms with Crippen LogP contribution >= 0.6 is 0 Å². The minimum Gasteiger partial charge on any atom is -0.389 e. The highest BCUT2D eigenvalue weighted by Gasteiger charge is 2.17. The van der Waals surface area contributed by atoms with E-state index in [0.29, 0.717) is 0 Å². The highest BCUT2D eigenvalue weighted by molar-refractivity contribution is 5.23. The lowest BCUT2D eigenvalue weighted by Crippen LogP contribution is -2.00. The summed E-state index contributed by atoms with van der Waals surface area (Å²) in [6.45, 7) is 5.68. The number of allylic oxidation sites excluding steroid dienone is 2. The molecular weight excluding hydrogens is 124 g/mol. The molecule has 1 rings (SSSR count). The van der Waals surface area contributed by atoms with E-state index >= 15 is 0 Å². The predicted octanol–water partition coefficient (Wildman–Crippen LogP) is 2.03. The Balaban J connectivity index is 2.64. The molecule has 0 saturated heterocycles. The van der Waals surface area contributed by atoms with Gasteiger partial charge in [0.2, 0.25) is 0 Å². The van der Waals surface area contributed by atoms with Crippen LogP contribution < -0.4 is 0 Å². The van der Waals surface area contributed by atoms with E-state index in [-0.39, 0.29) is 6.10 Å². The lowest BCUT2D eigenvalue weighted by Gasteiger charge is -2.01. The van der Waals surface area contributed by atoms with Crippen molar-refractivity contribution in [2.45, 2.75) is 32.3 Å². The highest BCUT2D eigenvalue weighted by atomic mass is 16.3. The first-order valence-corrected chi connectivity index (χ1v) is 3.73. The van der Waals surface area contributed by atoms with E-state index in [1.165, 1.54) is 11.1 Å². The largest absolute Gasteiger partial charge is 0.389 e. The van der Waals surface area contributed by atoms with Gasteiger partial charge in [-0.05, 0) is 31.8 Å². The molecule has 0 aromatic heterocycles. The summed E-state index contributed by atoms with van der Waals surface area (Å²) in [5, 5.41) is 9.30. The van der Waals surface area contributed by atoms with E-state index in [2.05, 4.69) is 6.58 Å². The molecule has 56 valence electrons. The molecule has 1 atom stereocenters. The van der Waals surface area contributed by atoms with Gasteiger partial charge in [-0.1, -0.05) is 11.6 Å². The predicted molar refractivity (Wildman–Crippen MR) is 42.8 cm³/mol. The van der Waals surface area contributed by atoms with Crippen molar-refractivity contribution in [3.63, 3.8) is 0 Å². The monoisotopic (exact) mass is 138 g/mol. The average molecular weight is 138 g/mol. The molecule has 1 N–H and O–H groups in total. The van der Waals surface area contributed by atoms with Crippen molar-refractivity contribution in [1.82, 2.24) is 0 Å². The SMILES string of the molecule is C=CCC1=C(C)C(O)CC1. The van der Waals surface area contributed by atoms with Gasteiger partial charge in [-0.2, -0.15) is 0 Å². The molecule has 0 heterocycles. The van der Waals surface area contributed by atoms with Gasteiger partial charge in [-0.25, -0.2) is 0 Å². The fraction of sp³-hybridized carbons (Fsp3) is 0.556. The van der Waals surface area contributed by atoms with E-state index in [1.54, 1.807) is 0 Å². The Hall–Kier alpha value is -0.560. The van der Waals surface area contributed by atoms with Crippen LogP contribution in [0.5, 0.6) is 0 Å². The van der Waals surface area contributed by atoms with E-state index < -0.39 is 0 Å². The van der Waals surface area contributed by atoms with Crippen LogP contribution in [0, 0.1) is 0 Å². The third-order valence-corrected chi connectivity index (χ3v) is 2.17. The normalized spacial score (nSPS) is 25.6. The third-order valence-electron chi connectivity index (χ3n) is 2.17. The standard InChI is InChI=1S/C9H14O/c1-3-4-8-5-6-9(10)7(8)2/h3,9-10H,1,4-6H2,2H3. The van der Waals surface area contributed by atoms with Gasteiger partial charge in [-0.15, -0.1) is 6.58 Å². The Labute approximate surface area is 62.1 Å². The van der Waals surface area contributed by atoms with Crippen molar-refractivity contribution < 1.29 is 5.11 Å². The summed E-state index contributed by atoms with van der Waals surface area (Å²) in [4.78, 5) is 0. The summed E-state index contributed by atoms with van der Waals surface area (Å²) in [7, 11) is 0. The summed E-state index contributed by atoms with van der Waals surface area (Å²) < 4.78 is 0. The molecule has 0 aliphatic heterocycles. The minimum atomic E-state index is -0.171. The molecule has 0 bridgehead atoms. The first kappa shape index (κ1) is 7.55. The van der Waals surface area contributed by atoms with Gasteiger partial charge in [-0.3, -0.25) is 0 Å². The summed E-state index contributed by atoms with van der Waals surface area (Å²) >= 11 is 0. The average Bonchev–Trinajstić information content (AvgIpc) is 2.20. The van der Waals surface area contributed by atoms with Gasteiger partial charge < -0.3 is 5.11 Å². The Bertz CT molecular complexity index is 168. The third kappa shape index (κ3) is 1.29. The second-order valence-electron chi connectivity index (χ2n) is 2.83. The number of hydrogen-bond acceptors (Lipinski definition) is 1. The van der Waals surface area contributed by atoms with Crippen molar-refractivity contribution in [1.29, 1.82) is 0 Å². The van der Waals surface area contributed by atoms with Crippen molar-refractivity contribution in [3.05, 3.63) is 23.8 Å². The fourth-order valence-electron chi connectivity index (χ4n) is 1.40. The molecule has 0 aromatic carbocycles. The quantitative estimate of drug-likeness (QED) is 0.579. The molecule has 1 unspecified atom stereocenters. The van der Waals surface area contributed by atoms with Crippen molar-refractivity contribution >= 4 is 0 Å². The molecule has 0 amide bonds. The molecule has 0 aromatic rings. The molecule has 1 aliphatic rings. The van der Waals surface area contributed by atoms with E-state index in [9.17, 15) is 5.11 Å². The Morgan fingerprint density at radius 1 is 1.80 bits per heavy atom. The second-order valence-corrected chi connectivity index (χ2v) is 2.83. The lowest BCUT2D eigenvalue weighted by molar-refractivity contribution is 0.212. The van der Waals surface area contributed by atoms with Crippen LogP contribution in [-0.2, 0) is 0 Å². The number of hydrogen-bond donors (Lipinski definition) is 1. The smallest absolute Gasteiger partial charge is 0.0753 e.